The van der Waals surface area contributed by atoms with Crippen molar-refractivity contribution in [2.75, 3.05) is 5.73 Å². The van der Waals surface area contributed by atoms with Crippen LogP contribution in [0.3, 0.4) is 0 Å². The zero-order valence-corrected chi connectivity index (χ0v) is 10.3. The molecule has 0 spiro atoms. The van der Waals surface area contributed by atoms with Crippen molar-refractivity contribution in [3.8, 4) is 11.1 Å². The quantitative estimate of drug-likeness (QED) is 0.740. The molecular formula is C13H11Cl2N. The molecule has 0 atom stereocenters. The van der Waals surface area contributed by atoms with Crippen LogP contribution in [0, 0.1) is 6.92 Å². The summed E-state index contributed by atoms with van der Waals surface area (Å²) in [4.78, 5) is 0. The SMILES string of the molecule is Cc1cc(-c2cccc(Cl)c2Cl)ccc1N. The highest BCUT2D eigenvalue weighted by molar-refractivity contribution is 6.43. The van der Waals surface area contributed by atoms with Crippen molar-refractivity contribution in [3.63, 3.8) is 0 Å². The molecule has 2 rings (SSSR count). The van der Waals surface area contributed by atoms with E-state index >= 15 is 0 Å². The highest BCUT2D eigenvalue weighted by atomic mass is 35.5. The van der Waals surface area contributed by atoms with Crippen molar-refractivity contribution >= 4 is 28.9 Å². The molecule has 1 nitrogen and oxygen atoms in total. The van der Waals surface area contributed by atoms with Crippen LogP contribution in [0.15, 0.2) is 36.4 Å². The number of benzene rings is 2. The molecule has 0 aromatic heterocycles. The van der Waals surface area contributed by atoms with E-state index in [1.165, 1.54) is 0 Å². The van der Waals surface area contributed by atoms with E-state index in [1.54, 1.807) is 6.07 Å². The second-order valence-corrected chi connectivity index (χ2v) is 4.46. The minimum Gasteiger partial charge on any atom is -0.399 e. The van der Waals surface area contributed by atoms with Gasteiger partial charge in [-0.1, -0.05) is 41.4 Å². The maximum Gasteiger partial charge on any atom is 0.0670 e. The minimum absolute atomic E-state index is 0.564. The van der Waals surface area contributed by atoms with Crippen molar-refractivity contribution in [3.05, 3.63) is 52.0 Å². The molecular weight excluding hydrogens is 241 g/mol. The number of anilines is 1. The zero-order chi connectivity index (χ0) is 11.7. The summed E-state index contributed by atoms with van der Waals surface area (Å²) in [5.41, 5.74) is 9.55. The third-order valence-electron chi connectivity index (χ3n) is 2.53. The molecule has 16 heavy (non-hydrogen) atoms. The van der Waals surface area contributed by atoms with Gasteiger partial charge in [0.05, 0.1) is 10.0 Å². The Hall–Kier alpha value is -1.18. The molecule has 0 aliphatic heterocycles. The summed E-state index contributed by atoms with van der Waals surface area (Å²) in [6.07, 6.45) is 0. The van der Waals surface area contributed by atoms with E-state index in [-0.39, 0.29) is 0 Å². The lowest BCUT2D eigenvalue weighted by molar-refractivity contribution is 1.46. The Morgan fingerprint density at radius 3 is 2.50 bits per heavy atom. The van der Waals surface area contributed by atoms with Gasteiger partial charge in [0.25, 0.3) is 0 Å². The monoisotopic (exact) mass is 251 g/mol. The molecule has 0 unspecified atom stereocenters. The Kier molecular flexibility index (Phi) is 3.08. The fraction of sp³-hybridized carbons (Fsp3) is 0.0769. The number of halogens is 2. The number of aryl methyl sites for hydroxylation is 1. The van der Waals surface area contributed by atoms with Crippen LogP contribution >= 0.6 is 23.2 Å². The maximum atomic E-state index is 6.16. The predicted octanol–water partition coefficient (Wildman–Crippen LogP) is 4.55. The average molecular weight is 252 g/mol. The molecule has 0 saturated carbocycles. The van der Waals surface area contributed by atoms with Crippen molar-refractivity contribution in [2.24, 2.45) is 0 Å². The Labute approximate surface area is 105 Å². The van der Waals surface area contributed by atoms with Gasteiger partial charge in [0, 0.05) is 11.3 Å². The fourth-order valence-electron chi connectivity index (χ4n) is 1.57. The molecule has 0 radical (unpaired) electrons. The van der Waals surface area contributed by atoms with Crippen molar-refractivity contribution in [2.45, 2.75) is 6.92 Å². The Morgan fingerprint density at radius 2 is 1.81 bits per heavy atom. The summed E-state index contributed by atoms with van der Waals surface area (Å²) in [7, 11) is 0. The molecule has 0 heterocycles. The summed E-state index contributed by atoms with van der Waals surface area (Å²) < 4.78 is 0. The lowest BCUT2D eigenvalue weighted by atomic mass is 10.0. The smallest absolute Gasteiger partial charge is 0.0670 e. The third-order valence-corrected chi connectivity index (χ3v) is 3.35. The van der Waals surface area contributed by atoms with Gasteiger partial charge in [-0.05, 0) is 36.2 Å². The second kappa shape index (κ2) is 4.36. The summed E-state index contributed by atoms with van der Waals surface area (Å²) in [5, 5.41) is 1.14. The first-order chi connectivity index (χ1) is 7.59. The van der Waals surface area contributed by atoms with E-state index in [2.05, 4.69) is 0 Å². The van der Waals surface area contributed by atoms with Gasteiger partial charge in [0.2, 0.25) is 0 Å². The first kappa shape index (κ1) is 11.3. The first-order valence-electron chi connectivity index (χ1n) is 4.90. The molecule has 0 aliphatic carbocycles. The van der Waals surface area contributed by atoms with Crippen molar-refractivity contribution < 1.29 is 0 Å². The topological polar surface area (TPSA) is 26.0 Å². The number of nitrogens with two attached hydrogens (primary N) is 1. The number of nitrogen functional groups attached to an aromatic ring is 1. The van der Waals surface area contributed by atoms with E-state index in [9.17, 15) is 0 Å². The lowest BCUT2D eigenvalue weighted by Gasteiger charge is -2.08. The highest BCUT2D eigenvalue weighted by Crippen LogP contribution is 2.34. The van der Waals surface area contributed by atoms with Crippen LogP contribution < -0.4 is 5.73 Å². The molecule has 0 saturated heterocycles. The van der Waals surface area contributed by atoms with Crippen molar-refractivity contribution in [1.29, 1.82) is 0 Å². The Morgan fingerprint density at radius 1 is 1.06 bits per heavy atom. The molecule has 2 N–H and O–H groups in total. The zero-order valence-electron chi connectivity index (χ0n) is 8.80. The van der Waals surface area contributed by atoms with Crippen LogP contribution in [0.1, 0.15) is 5.56 Å². The summed E-state index contributed by atoms with van der Waals surface area (Å²) >= 11 is 12.1. The van der Waals surface area contributed by atoms with Gasteiger partial charge in [0.15, 0.2) is 0 Å². The molecule has 3 heteroatoms. The standard InChI is InChI=1S/C13H11Cl2N/c1-8-7-9(5-6-12(8)16)10-3-2-4-11(14)13(10)15/h2-7H,16H2,1H3. The molecule has 0 fully saturated rings. The molecule has 2 aromatic rings. The highest BCUT2D eigenvalue weighted by Gasteiger charge is 2.07. The Bertz CT molecular complexity index is 535. The Balaban J connectivity index is 2.59. The van der Waals surface area contributed by atoms with E-state index in [1.807, 2.05) is 37.3 Å². The summed E-state index contributed by atoms with van der Waals surface area (Å²) in [6.45, 7) is 1.97. The summed E-state index contributed by atoms with van der Waals surface area (Å²) in [6, 6.07) is 11.4. The van der Waals surface area contributed by atoms with E-state index in [0.29, 0.717) is 10.0 Å². The van der Waals surface area contributed by atoms with Crippen LogP contribution in [0.4, 0.5) is 5.69 Å². The molecule has 2 aromatic carbocycles. The van der Waals surface area contributed by atoms with Crippen LogP contribution in [0.25, 0.3) is 11.1 Å². The van der Waals surface area contributed by atoms with Gasteiger partial charge >= 0.3 is 0 Å². The van der Waals surface area contributed by atoms with Crippen LogP contribution in [-0.2, 0) is 0 Å². The number of hydrogen-bond donors (Lipinski definition) is 1. The number of hydrogen-bond acceptors (Lipinski definition) is 1. The normalized spacial score (nSPS) is 10.4. The lowest BCUT2D eigenvalue weighted by Crippen LogP contribution is -1.90. The second-order valence-electron chi connectivity index (χ2n) is 3.67. The van der Waals surface area contributed by atoms with Gasteiger partial charge in [-0.3, -0.25) is 0 Å². The van der Waals surface area contributed by atoms with E-state index in [0.717, 1.165) is 22.4 Å². The van der Waals surface area contributed by atoms with Crippen molar-refractivity contribution in [1.82, 2.24) is 0 Å². The largest absolute Gasteiger partial charge is 0.399 e. The van der Waals surface area contributed by atoms with Gasteiger partial charge in [-0.25, -0.2) is 0 Å². The van der Waals surface area contributed by atoms with Crippen LogP contribution in [0.2, 0.25) is 10.0 Å². The molecule has 0 bridgehead atoms. The minimum atomic E-state index is 0.564. The van der Waals surface area contributed by atoms with Gasteiger partial charge < -0.3 is 5.73 Å². The number of rotatable bonds is 1. The molecule has 0 aliphatic rings. The first-order valence-corrected chi connectivity index (χ1v) is 5.65. The summed E-state index contributed by atoms with van der Waals surface area (Å²) in [5.74, 6) is 0. The van der Waals surface area contributed by atoms with E-state index < -0.39 is 0 Å². The average Bonchev–Trinajstić information content (AvgIpc) is 2.26. The fourth-order valence-corrected chi connectivity index (χ4v) is 1.98. The van der Waals surface area contributed by atoms with Crippen LogP contribution in [0.5, 0.6) is 0 Å². The predicted molar refractivity (Wildman–Crippen MR) is 71.0 cm³/mol. The van der Waals surface area contributed by atoms with Gasteiger partial charge in [-0.15, -0.1) is 0 Å². The third kappa shape index (κ3) is 2.01. The molecule has 0 amide bonds. The van der Waals surface area contributed by atoms with Gasteiger partial charge in [-0.2, -0.15) is 0 Å². The van der Waals surface area contributed by atoms with E-state index in [4.69, 9.17) is 28.9 Å². The van der Waals surface area contributed by atoms with Crippen LogP contribution in [-0.4, -0.2) is 0 Å². The maximum absolute atomic E-state index is 6.16. The molecule has 82 valence electrons. The van der Waals surface area contributed by atoms with Gasteiger partial charge in [0.1, 0.15) is 0 Å².